The molecule has 0 bridgehead atoms. The van der Waals surface area contributed by atoms with Crippen LogP contribution in [-0.4, -0.2) is 11.1 Å². The second kappa shape index (κ2) is 3.84. The molecule has 0 unspecified atom stereocenters. The van der Waals surface area contributed by atoms with Crippen molar-refractivity contribution in [1.82, 2.24) is 4.57 Å². The van der Waals surface area contributed by atoms with Crippen molar-refractivity contribution in [2.45, 2.75) is 12.8 Å². The van der Waals surface area contributed by atoms with Crippen LogP contribution < -0.4 is 5.73 Å². The standard InChI is InChI=1S/C12H16N2/c1-14-9-7-11-5-2-4-10(12(11)14)6-3-8-13/h2,4-5,7,9H,3,6,8,13H2,1H3. The summed E-state index contributed by atoms with van der Waals surface area (Å²) >= 11 is 0. The lowest BCUT2D eigenvalue weighted by atomic mass is 10.1. The highest BCUT2D eigenvalue weighted by Crippen LogP contribution is 2.20. The molecule has 1 aromatic carbocycles. The number of rotatable bonds is 3. The summed E-state index contributed by atoms with van der Waals surface area (Å²) in [6.07, 6.45) is 4.24. The molecule has 0 atom stereocenters. The van der Waals surface area contributed by atoms with E-state index < -0.39 is 0 Å². The Morgan fingerprint density at radius 2 is 2.14 bits per heavy atom. The molecule has 0 aliphatic carbocycles. The minimum atomic E-state index is 0.765. The van der Waals surface area contributed by atoms with E-state index in [0.717, 1.165) is 19.4 Å². The summed E-state index contributed by atoms with van der Waals surface area (Å²) in [7, 11) is 2.09. The Morgan fingerprint density at radius 3 is 2.93 bits per heavy atom. The van der Waals surface area contributed by atoms with Gasteiger partial charge in [0.25, 0.3) is 0 Å². The van der Waals surface area contributed by atoms with Crippen molar-refractivity contribution in [3.63, 3.8) is 0 Å². The molecular formula is C12H16N2. The molecule has 0 saturated heterocycles. The zero-order valence-electron chi connectivity index (χ0n) is 8.53. The smallest absolute Gasteiger partial charge is 0.0510 e. The van der Waals surface area contributed by atoms with E-state index in [2.05, 4.69) is 42.1 Å². The largest absolute Gasteiger partial charge is 0.350 e. The fraction of sp³-hybridized carbons (Fsp3) is 0.333. The van der Waals surface area contributed by atoms with Gasteiger partial charge in [-0.05, 0) is 36.4 Å². The lowest BCUT2D eigenvalue weighted by molar-refractivity contribution is 0.830. The third-order valence-corrected chi connectivity index (χ3v) is 2.63. The van der Waals surface area contributed by atoms with Gasteiger partial charge < -0.3 is 10.3 Å². The van der Waals surface area contributed by atoms with Gasteiger partial charge in [0, 0.05) is 13.2 Å². The molecule has 0 radical (unpaired) electrons. The second-order valence-corrected chi connectivity index (χ2v) is 3.67. The molecule has 0 spiro atoms. The van der Waals surface area contributed by atoms with E-state index in [1.165, 1.54) is 16.5 Å². The van der Waals surface area contributed by atoms with Crippen LogP contribution in [0.4, 0.5) is 0 Å². The SMILES string of the molecule is Cn1ccc2cccc(CCCN)c21. The lowest BCUT2D eigenvalue weighted by Crippen LogP contribution is -2.01. The predicted molar refractivity (Wildman–Crippen MR) is 60.3 cm³/mol. The Morgan fingerprint density at radius 1 is 1.29 bits per heavy atom. The van der Waals surface area contributed by atoms with Gasteiger partial charge in [-0.15, -0.1) is 0 Å². The Balaban J connectivity index is 2.46. The Labute approximate surface area is 84.3 Å². The summed E-state index contributed by atoms with van der Waals surface area (Å²) in [5, 5.41) is 1.32. The van der Waals surface area contributed by atoms with Crippen LogP contribution >= 0.6 is 0 Å². The van der Waals surface area contributed by atoms with Crippen molar-refractivity contribution >= 4 is 10.9 Å². The van der Waals surface area contributed by atoms with E-state index in [0.29, 0.717) is 0 Å². The summed E-state index contributed by atoms with van der Waals surface area (Å²) in [4.78, 5) is 0. The van der Waals surface area contributed by atoms with Crippen LogP contribution in [0.15, 0.2) is 30.5 Å². The number of nitrogens with zero attached hydrogens (tertiary/aromatic N) is 1. The van der Waals surface area contributed by atoms with Gasteiger partial charge in [-0.2, -0.15) is 0 Å². The highest BCUT2D eigenvalue weighted by atomic mass is 14.9. The quantitative estimate of drug-likeness (QED) is 0.785. The van der Waals surface area contributed by atoms with E-state index >= 15 is 0 Å². The summed E-state index contributed by atoms with van der Waals surface area (Å²) < 4.78 is 2.18. The minimum absolute atomic E-state index is 0.765. The predicted octanol–water partition coefficient (Wildman–Crippen LogP) is 2.07. The van der Waals surface area contributed by atoms with E-state index in [9.17, 15) is 0 Å². The molecule has 2 heteroatoms. The molecule has 2 aromatic rings. The van der Waals surface area contributed by atoms with Crippen molar-refractivity contribution in [2.24, 2.45) is 12.8 Å². The van der Waals surface area contributed by atoms with Crippen molar-refractivity contribution in [3.05, 3.63) is 36.0 Å². The number of hydrogen-bond acceptors (Lipinski definition) is 1. The van der Waals surface area contributed by atoms with E-state index in [1.54, 1.807) is 0 Å². The van der Waals surface area contributed by atoms with Gasteiger partial charge in [-0.3, -0.25) is 0 Å². The molecule has 0 aliphatic rings. The number of fused-ring (bicyclic) bond motifs is 1. The van der Waals surface area contributed by atoms with Crippen LogP contribution in [0.1, 0.15) is 12.0 Å². The Kier molecular flexibility index (Phi) is 2.55. The van der Waals surface area contributed by atoms with E-state index in [-0.39, 0.29) is 0 Å². The summed E-state index contributed by atoms with van der Waals surface area (Å²) in [6, 6.07) is 8.62. The third kappa shape index (κ3) is 1.53. The molecular weight excluding hydrogens is 172 g/mol. The van der Waals surface area contributed by atoms with Crippen molar-refractivity contribution in [2.75, 3.05) is 6.54 Å². The summed E-state index contributed by atoms with van der Waals surface area (Å²) in [6.45, 7) is 0.765. The molecule has 14 heavy (non-hydrogen) atoms. The van der Waals surface area contributed by atoms with Gasteiger partial charge in [-0.1, -0.05) is 18.2 Å². The van der Waals surface area contributed by atoms with Crippen LogP contribution in [0.3, 0.4) is 0 Å². The van der Waals surface area contributed by atoms with Crippen LogP contribution in [0.25, 0.3) is 10.9 Å². The van der Waals surface area contributed by atoms with Crippen LogP contribution in [0, 0.1) is 0 Å². The maximum atomic E-state index is 5.53. The molecule has 1 heterocycles. The van der Waals surface area contributed by atoms with Gasteiger partial charge in [0.15, 0.2) is 0 Å². The number of benzene rings is 1. The van der Waals surface area contributed by atoms with Gasteiger partial charge in [0.1, 0.15) is 0 Å². The molecule has 2 rings (SSSR count). The minimum Gasteiger partial charge on any atom is -0.350 e. The van der Waals surface area contributed by atoms with Gasteiger partial charge >= 0.3 is 0 Å². The van der Waals surface area contributed by atoms with Crippen molar-refractivity contribution in [3.8, 4) is 0 Å². The van der Waals surface area contributed by atoms with Gasteiger partial charge in [0.2, 0.25) is 0 Å². The normalized spacial score (nSPS) is 11.0. The van der Waals surface area contributed by atoms with E-state index in [4.69, 9.17) is 5.73 Å². The molecule has 0 saturated carbocycles. The summed E-state index contributed by atoms with van der Waals surface area (Å²) in [5.41, 5.74) is 8.28. The molecule has 2 N–H and O–H groups in total. The number of hydrogen-bond donors (Lipinski definition) is 1. The maximum absolute atomic E-state index is 5.53. The first-order valence-corrected chi connectivity index (χ1v) is 5.06. The zero-order chi connectivity index (χ0) is 9.97. The fourth-order valence-corrected chi connectivity index (χ4v) is 1.94. The first-order valence-electron chi connectivity index (χ1n) is 5.06. The first-order chi connectivity index (χ1) is 6.83. The zero-order valence-corrected chi connectivity index (χ0v) is 8.53. The topological polar surface area (TPSA) is 30.9 Å². The molecule has 1 aromatic heterocycles. The van der Waals surface area contributed by atoms with Crippen molar-refractivity contribution < 1.29 is 0 Å². The van der Waals surface area contributed by atoms with Crippen molar-refractivity contribution in [1.29, 1.82) is 0 Å². The number of para-hydroxylation sites is 1. The molecule has 74 valence electrons. The molecule has 2 nitrogen and oxygen atoms in total. The van der Waals surface area contributed by atoms with Gasteiger partial charge in [-0.25, -0.2) is 0 Å². The Hall–Kier alpha value is -1.28. The van der Waals surface area contributed by atoms with Crippen LogP contribution in [0.5, 0.6) is 0 Å². The number of nitrogens with two attached hydrogens (primary N) is 1. The van der Waals surface area contributed by atoms with Gasteiger partial charge in [0.05, 0.1) is 5.52 Å². The monoisotopic (exact) mass is 188 g/mol. The molecule has 0 amide bonds. The van der Waals surface area contributed by atoms with E-state index in [1.807, 2.05) is 0 Å². The third-order valence-electron chi connectivity index (χ3n) is 2.63. The van der Waals surface area contributed by atoms with Crippen LogP contribution in [0.2, 0.25) is 0 Å². The lowest BCUT2D eigenvalue weighted by Gasteiger charge is -2.05. The number of aryl methyl sites for hydroxylation is 2. The summed E-state index contributed by atoms with van der Waals surface area (Å²) in [5.74, 6) is 0. The molecule has 0 aliphatic heterocycles. The average Bonchev–Trinajstić information content (AvgIpc) is 2.58. The molecule has 0 fully saturated rings. The first kappa shape index (κ1) is 9.28. The number of aromatic nitrogens is 1. The average molecular weight is 188 g/mol. The second-order valence-electron chi connectivity index (χ2n) is 3.67. The highest BCUT2D eigenvalue weighted by Gasteiger charge is 2.03. The highest BCUT2D eigenvalue weighted by molar-refractivity contribution is 5.83. The Bertz CT molecular complexity index is 429. The fourth-order valence-electron chi connectivity index (χ4n) is 1.94. The maximum Gasteiger partial charge on any atom is 0.0510 e. The van der Waals surface area contributed by atoms with Crippen LogP contribution in [-0.2, 0) is 13.5 Å².